The maximum Gasteiger partial charge on any atom is 0.180 e. The highest BCUT2D eigenvalue weighted by Gasteiger charge is 2.07. The molecule has 0 saturated carbocycles. The van der Waals surface area contributed by atoms with Crippen molar-refractivity contribution < 1.29 is 14.2 Å². The molecule has 0 saturated heterocycles. The lowest BCUT2D eigenvalue weighted by atomic mass is 10.4. The lowest BCUT2D eigenvalue weighted by Gasteiger charge is -2.17. The smallest absolute Gasteiger partial charge is 0.180 e. The third-order valence-corrected chi connectivity index (χ3v) is 1.55. The maximum absolute atomic E-state index is 5.45. The normalized spacial score (nSPS) is 13.2. The maximum atomic E-state index is 5.45. The molecule has 1 radical (unpaired) electrons. The molecule has 79 valence electrons. The Hall–Kier alpha value is -0.120. The van der Waals surface area contributed by atoms with Crippen molar-refractivity contribution in [1.29, 1.82) is 0 Å². The first-order chi connectivity index (χ1) is 6.35. The zero-order chi connectivity index (χ0) is 9.94. The van der Waals surface area contributed by atoms with Crippen LogP contribution in [0.15, 0.2) is 0 Å². The Labute approximate surface area is 81.4 Å². The highest BCUT2D eigenvalue weighted by Crippen LogP contribution is 1.98. The molecular formula is C10H21O3. The van der Waals surface area contributed by atoms with E-state index in [0.717, 1.165) is 19.4 Å². The second kappa shape index (κ2) is 9.96. The number of hydrogen-bond donors (Lipinski definition) is 0. The predicted molar refractivity (Wildman–Crippen MR) is 52.5 cm³/mol. The van der Waals surface area contributed by atoms with Gasteiger partial charge >= 0.3 is 0 Å². The SMILES string of the molecule is [CH2]COCC(OCC)OCCCC. The van der Waals surface area contributed by atoms with Crippen LogP contribution in [0.4, 0.5) is 0 Å². The summed E-state index contributed by atoms with van der Waals surface area (Å²) >= 11 is 0. The van der Waals surface area contributed by atoms with E-state index in [9.17, 15) is 0 Å². The van der Waals surface area contributed by atoms with Crippen LogP contribution in [-0.2, 0) is 14.2 Å². The van der Waals surface area contributed by atoms with Gasteiger partial charge in [-0.15, -0.1) is 0 Å². The summed E-state index contributed by atoms with van der Waals surface area (Å²) in [6, 6.07) is 0. The van der Waals surface area contributed by atoms with Gasteiger partial charge in [-0.1, -0.05) is 13.3 Å². The second-order valence-electron chi connectivity index (χ2n) is 2.68. The third kappa shape index (κ3) is 8.22. The molecule has 3 heteroatoms. The zero-order valence-electron chi connectivity index (χ0n) is 8.75. The van der Waals surface area contributed by atoms with Gasteiger partial charge in [0.05, 0.1) is 6.61 Å². The third-order valence-electron chi connectivity index (χ3n) is 1.55. The van der Waals surface area contributed by atoms with Crippen LogP contribution in [0.1, 0.15) is 26.7 Å². The Kier molecular flexibility index (Phi) is 9.87. The summed E-state index contributed by atoms with van der Waals surface area (Å²) in [7, 11) is 0. The first-order valence-electron chi connectivity index (χ1n) is 4.95. The van der Waals surface area contributed by atoms with Crippen LogP contribution in [0.25, 0.3) is 0 Å². The Balaban J connectivity index is 3.41. The van der Waals surface area contributed by atoms with Crippen LogP contribution < -0.4 is 0 Å². The van der Waals surface area contributed by atoms with E-state index >= 15 is 0 Å². The molecule has 0 spiro atoms. The first-order valence-corrected chi connectivity index (χ1v) is 4.95. The molecular weight excluding hydrogens is 168 g/mol. The monoisotopic (exact) mass is 189 g/mol. The fraction of sp³-hybridized carbons (Fsp3) is 0.900. The van der Waals surface area contributed by atoms with Crippen molar-refractivity contribution in [2.45, 2.75) is 33.0 Å². The van der Waals surface area contributed by atoms with Gasteiger partial charge in [0.1, 0.15) is 0 Å². The largest absolute Gasteiger partial charge is 0.376 e. The summed E-state index contributed by atoms with van der Waals surface area (Å²) in [5.41, 5.74) is 0. The second-order valence-corrected chi connectivity index (χ2v) is 2.68. The van der Waals surface area contributed by atoms with Gasteiger partial charge in [0, 0.05) is 19.8 Å². The van der Waals surface area contributed by atoms with Crippen LogP contribution in [0.2, 0.25) is 0 Å². The number of rotatable bonds is 9. The summed E-state index contributed by atoms with van der Waals surface area (Å²) in [6.45, 7) is 9.98. The van der Waals surface area contributed by atoms with Gasteiger partial charge in [0.2, 0.25) is 0 Å². The van der Waals surface area contributed by atoms with Gasteiger partial charge in [0.15, 0.2) is 6.29 Å². The molecule has 0 heterocycles. The molecule has 13 heavy (non-hydrogen) atoms. The Bertz CT molecular complexity index is 96.2. The quantitative estimate of drug-likeness (QED) is 0.410. The van der Waals surface area contributed by atoms with E-state index in [1.54, 1.807) is 0 Å². The topological polar surface area (TPSA) is 27.7 Å². The fourth-order valence-electron chi connectivity index (χ4n) is 0.869. The molecule has 0 aliphatic rings. The molecule has 0 rings (SSSR count). The lowest BCUT2D eigenvalue weighted by molar-refractivity contribution is -0.168. The summed E-state index contributed by atoms with van der Waals surface area (Å²) in [5, 5.41) is 0. The van der Waals surface area contributed by atoms with Crippen molar-refractivity contribution in [1.82, 2.24) is 0 Å². The van der Waals surface area contributed by atoms with Crippen molar-refractivity contribution in [3.8, 4) is 0 Å². The van der Waals surface area contributed by atoms with Gasteiger partial charge < -0.3 is 14.2 Å². The molecule has 0 fully saturated rings. The van der Waals surface area contributed by atoms with Crippen LogP contribution in [0.5, 0.6) is 0 Å². The van der Waals surface area contributed by atoms with Crippen LogP contribution >= 0.6 is 0 Å². The number of unbranched alkanes of at least 4 members (excludes halogenated alkanes) is 1. The molecule has 0 aliphatic heterocycles. The Morgan fingerprint density at radius 2 is 2.00 bits per heavy atom. The molecule has 1 atom stereocenters. The molecule has 0 aromatic carbocycles. The summed E-state index contributed by atoms with van der Waals surface area (Å²) in [6.07, 6.45) is 1.97. The van der Waals surface area contributed by atoms with Crippen molar-refractivity contribution in [2.24, 2.45) is 0 Å². The lowest BCUT2D eigenvalue weighted by Crippen LogP contribution is -2.24. The van der Waals surface area contributed by atoms with Gasteiger partial charge in [-0.3, -0.25) is 0 Å². The van der Waals surface area contributed by atoms with E-state index in [2.05, 4.69) is 13.8 Å². The number of ether oxygens (including phenoxy) is 3. The molecule has 0 aliphatic carbocycles. The van der Waals surface area contributed by atoms with Crippen molar-refractivity contribution in [3.63, 3.8) is 0 Å². The van der Waals surface area contributed by atoms with Gasteiger partial charge in [0.25, 0.3) is 0 Å². The molecule has 0 amide bonds. The van der Waals surface area contributed by atoms with Crippen LogP contribution in [0, 0.1) is 6.92 Å². The average Bonchev–Trinajstić information content (AvgIpc) is 2.14. The number of hydrogen-bond acceptors (Lipinski definition) is 3. The van der Waals surface area contributed by atoms with Gasteiger partial charge in [-0.25, -0.2) is 0 Å². The Morgan fingerprint density at radius 3 is 2.54 bits per heavy atom. The minimum atomic E-state index is -0.224. The molecule has 1 unspecified atom stereocenters. The van der Waals surface area contributed by atoms with E-state index in [4.69, 9.17) is 14.2 Å². The molecule has 3 nitrogen and oxygen atoms in total. The predicted octanol–water partition coefficient (Wildman–Crippen LogP) is 2.02. The van der Waals surface area contributed by atoms with Crippen molar-refractivity contribution in [2.75, 3.05) is 26.4 Å². The van der Waals surface area contributed by atoms with E-state index in [1.165, 1.54) is 0 Å². The van der Waals surface area contributed by atoms with Crippen molar-refractivity contribution >= 4 is 0 Å². The summed E-state index contributed by atoms with van der Waals surface area (Å²) < 4.78 is 15.9. The summed E-state index contributed by atoms with van der Waals surface area (Å²) in [4.78, 5) is 0. The Morgan fingerprint density at radius 1 is 1.23 bits per heavy atom. The van der Waals surface area contributed by atoms with Crippen LogP contribution in [-0.4, -0.2) is 32.7 Å². The van der Waals surface area contributed by atoms with Gasteiger partial charge in [-0.2, -0.15) is 0 Å². The highest BCUT2D eigenvalue weighted by molar-refractivity contribution is 4.43. The highest BCUT2D eigenvalue weighted by atomic mass is 16.7. The summed E-state index contributed by atoms with van der Waals surface area (Å²) in [5.74, 6) is 0. The van der Waals surface area contributed by atoms with E-state index < -0.39 is 0 Å². The minimum Gasteiger partial charge on any atom is -0.376 e. The van der Waals surface area contributed by atoms with E-state index in [1.807, 2.05) is 6.92 Å². The van der Waals surface area contributed by atoms with Crippen LogP contribution in [0.3, 0.4) is 0 Å². The first kappa shape index (κ1) is 12.9. The van der Waals surface area contributed by atoms with Gasteiger partial charge in [-0.05, 0) is 20.3 Å². The molecule has 0 aromatic heterocycles. The van der Waals surface area contributed by atoms with Crippen molar-refractivity contribution in [3.05, 3.63) is 6.92 Å². The van der Waals surface area contributed by atoms with E-state index in [0.29, 0.717) is 19.8 Å². The fourth-order valence-corrected chi connectivity index (χ4v) is 0.869. The molecule has 0 bridgehead atoms. The molecule has 0 N–H and O–H groups in total. The molecule has 0 aromatic rings. The minimum absolute atomic E-state index is 0.224. The zero-order valence-corrected chi connectivity index (χ0v) is 8.75. The standard InChI is InChI=1S/C10H21O3/c1-4-7-8-13-10(12-6-3)9-11-5-2/h10H,2,4-9H2,1,3H3. The van der Waals surface area contributed by atoms with E-state index in [-0.39, 0.29) is 6.29 Å². The average molecular weight is 189 g/mol.